The lowest BCUT2D eigenvalue weighted by molar-refractivity contribution is -0.163. The molecule has 0 aromatic carbocycles. The zero-order valence-corrected chi connectivity index (χ0v) is 9.58. The van der Waals surface area contributed by atoms with Gasteiger partial charge in [0.05, 0.1) is 12.3 Å². The molecule has 6 heteroatoms. The molecule has 90 valence electrons. The fourth-order valence-electron chi connectivity index (χ4n) is 1.57. The molecule has 0 radical (unpaired) electrons. The lowest BCUT2D eigenvalue weighted by Gasteiger charge is -2.18. The van der Waals surface area contributed by atoms with E-state index >= 15 is 0 Å². The van der Waals surface area contributed by atoms with Crippen LogP contribution in [0.3, 0.4) is 0 Å². The molecule has 2 nitrogen and oxygen atoms in total. The Hall–Kier alpha value is -1.04. The Bertz CT molecular complexity index is 395. The minimum atomic E-state index is -4.52. The van der Waals surface area contributed by atoms with Crippen LogP contribution in [0.15, 0.2) is 6.07 Å². The average Bonchev–Trinajstić information content (AvgIpc) is 2.38. The van der Waals surface area contributed by atoms with E-state index in [1.54, 1.807) is 13.8 Å². The molecule has 1 rings (SSSR count). The van der Waals surface area contributed by atoms with Gasteiger partial charge < -0.3 is 5.11 Å². The summed E-state index contributed by atoms with van der Waals surface area (Å²) in [6, 6.07) is 1.42. The Labute approximate surface area is 94.7 Å². The maximum atomic E-state index is 12.7. The first-order chi connectivity index (χ1) is 7.21. The third-order valence-corrected chi connectivity index (χ3v) is 3.21. The van der Waals surface area contributed by atoms with Crippen molar-refractivity contribution in [1.29, 1.82) is 0 Å². The molecule has 16 heavy (non-hydrogen) atoms. The van der Waals surface area contributed by atoms with E-state index in [9.17, 15) is 18.0 Å². The zero-order chi connectivity index (χ0) is 12.5. The van der Waals surface area contributed by atoms with Crippen LogP contribution in [0.5, 0.6) is 0 Å². The fourth-order valence-corrected chi connectivity index (χ4v) is 2.56. The predicted octanol–water partition coefficient (Wildman–Crippen LogP) is 3.49. The van der Waals surface area contributed by atoms with Crippen molar-refractivity contribution in [1.82, 2.24) is 0 Å². The van der Waals surface area contributed by atoms with Crippen LogP contribution in [0.2, 0.25) is 0 Å². The molecule has 0 amide bonds. The van der Waals surface area contributed by atoms with Gasteiger partial charge in [-0.15, -0.1) is 11.3 Å². The number of aliphatic carboxylic acids is 1. The fraction of sp³-hybridized carbons (Fsp3) is 0.500. The number of carboxylic acid groups (broad SMARTS) is 1. The molecule has 0 aliphatic heterocycles. The monoisotopic (exact) mass is 252 g/mol. The summed E-state index contributed by atoms with van der Waals surface area (Å²) in [5.41, 5.74) is 0.0809. The maximum Gasteiger partial charge on any atom is 0.396 e. The summed E-state index contributed by atoms with van der Waals surface area (Å²) in [7, 11) is 0. The lowest BCUT2D eigenvalue weighted by Crippen LogP contribution is -2.23. The highest BCUT2D eigenvalue weighted by atomic mass is 32.1. The highest BCUT2D eigenvalue weighted by molar-refractivity contribution is 7.12. The zero-order valence-electron chi connectivity index (χ0n) is 8.76. The van der Waals surface area contributed by atoms with E-state index in [0.29, 0.717) is 4.88 Å². The van der Waals surface area contributed by atoms with E-state index in [1.807, 2.05) is 0 Å². The molecule has 0 fully saturated rings. The summed E-state index contributed by atoms with van der Waals surface area (Å²) < 4.78 is 38.1. The van der Waals surface area contributed by atoms with Crippen LogP contribution in [-0.2, 0) is 4.79 Å². The van der Waals surface area contributed by atoms with Crippen molar-refractivity contribution in [2.75, 3.05) is 0 Å². The molecule has 0 spiro atoms. The van der Waals surface area contributed by atoms with E-state index in [1.165, 1.54) is 17.4 Å². The summed E-state index contributed by atoms with van der Waals surface area (Å²) in [6.07, 6.45) is -5.43. The summed E-state index contributed by atoms with van der Waals surface area (Å²) >= 11 is 1.25. The van der Waals surface area contributed by atoms with Crippen molar-refractivity contribution in [2.45, 2.75) is 32.4 Å². The van der Waals surface area contributed by atoms with Crippen molar-refractivity contribution in [3.63, 3.8) is 0 Å². The molecule has 1 aromatic rings. The van der Waals surface area contributed by atoms with Gasteiger partial charge in [0.1, 0.15) is 0 Å². The van der Waals surface area contributed by atoms with Crippen LogP contribution < -0.4 is 0 Å². The number of rotatable bonds is 3. The Morgan fingerprint density at radius 3 is 2.38 bits per heavy atom. The Balaban J connectivity index is 3.11. The molecule has 1 heterocycles. The number of alkyl halides is 3. The predicted molar refractivity (Wildman–Crippen MR) is 54.8 cm³/mol. The van der Waals surface area contributed by atoms with Crippen LogP contribution in [0.4, 0.5) is 13.2 Å². The molecule has 0 bridgehead atoms. The molecule has 1 aromatic heterocycles. The molecule has 0 aliphatic carbocycles. The third kappa shape index (κ3) is 2.98. The van der Waals surface area contributed by atoms with Crippen LogP contribution in [0.1, 0.15) is 27.7 Å². The number of aryl methyl sites for hydroxylation is 2. The van der Waals surface area contributed by atoms with Gasteiger partial charge >= 0.3 is 12.1 Å². The number of hydrogen-bond acceptors (Lipinski definition) is 2. The van der Waals surface area contributed by atoms with Gasteiger partial charge in [0.25, 0.3) is 0 Å². The van der Waals surface area contributed by atoms with Gasteiger partial charge in [-0.3, -0.25) is 4.79 Å². The SMILES string of the molecule is Cc1cc(C(CC(=O)O)C(F)(F)F)c(C)s1. The Morgan fingerprint density at radius 2 is 2.06 bits per heavy atom. The third-order valence-electron chi connectivity index (χ3n) is 2.23. The Morgan fingerprint density at radius 1 is 1.50 bits per heavy atom. The highest BCUT2D eigenvalue weighted by Crippen LogP contribution is 2.41. The molecular formula is C10H11F3O2S. The molecule has 1 unspecified atom stereocenters. The molecule has 1 N–H and O–H groups in total. The average molecular weight is 252 g/mol. The maximum absolute atomic E-state index is 12.7. The smallest absolute Gasteiger partial charge is 0.396 e. The first kappa shape index (κ1) is 13.0. The summed E-state index contributed by atoms with van der Waals surface area (Å²) in [5, 5.41) is 8.51. The van der Waals surface area contributed by atoms with Gasteiger partial charge in [0, 0.05) is 9.75 Å². The molecule has 0 saturated carbocycles. The second-order valence-electron chi connectivity index (χ2n) is 3.56. The number of thiophene rings is 1. The van der Waals surface area contributed by atoms with Crippen molar-refractivity contribution < 1.29 is 23.1 Å². The molecule has 0 saturated heterocycles. The highest BCUT2D eigenvalue weighted by Gasteiger charge is 2.43. The van der Waals surface area contributed by atoms with E-state index < -0.39 is 24.5 Å². The molecule has 1 atom stereocenters. The van der Waals surface area contributed by atoms with E-state index in [0.717, 1.165) is 4.88 Å². The summed E-state index contributed by atoms with van der Waals surface area (Å²) in [6.45, 7) is 3.28. The minimum Gasteiger partial charge on any atom is -0.481 e. The van der Waals surface area contributed by atoms with Gasteiger partial charge in [-0.25, -0.2) is 0 Å². The summed E-state index contributed by atoms with van der Waals surface area (Å²) in [4.78, 5) is 11.7. The summed E-state index contributed by atoms with van der Waals surface area (Å²) in [5.74, 6) is -3.35. The molecule has 0 aliphatic rings. The molecular weight excluding hydrogens is 241 g/mol. The number of carbonyl (C=O) groups is 1. The van der Waals surface area contributed by atoms with Crippen LogP contribution >= 0.6 is 11.3 Å². The van der Waals surface area contributed by atoms with Crippen LogP contribution in [0.25, 0.3) is 0 Å². The minimum absolute atomic E-state index is 0.0809. The van der Waals surface area contributed by atoms with Crippen LogP contribution in [0, 0.1) is 13.8 Å². The van der Waals surface area contributed by atoms with Gasteiger partial charge in [-0.2, -0.15) is 13.2 Å². The standard InChI is InChI=1S/C10H11F3O2S/c1-5-3-7(6(2)16-5)8(4-9(14)15)10(11,12)13/h3,8H,4H2,1-2H3,(H,14,15). The van der Waals surface area contributed by atoms with Gasteiger partial charge in [0.2, 0.25) is 0 Å². The van der Waals surface area contributed by atoms with E-state index in [-0.39, 0.29) is 5.56 Å². The van der Waals surface area contributed by atoms with Crippen molar-refractivity contribution in [3.05, 3.63) is 21.4 Å². The largest absolute Gasteiger partial charge is 0.481 e. The van der Waals surface area contributed by atoms with Gasteiger partial charge in [-0.05, 0) is 25.5 Å². The van der Waals surface area contributed by atoms with Crippen molar-refractivity contribution >= 4 is 17.3 Å². The first-order valence-electron chi connectivity index (χ1n) is 4.57. The van der Waals surface area contributed by atoms with Crippen molar-refractivity contribution in [2.24, 2.45) is 0 Å². The van der Waals surface area contributed by atoms with Gasteiger partial charge in [-0.1, -0.05) is 0 Å². The topological polar surface area (TPSA) is 37.3 Å². The van der Waals surface area contributed by atoms with Crippen molar-refractivity contribution in [3.8, 4) is 0 Å². The second kappa shape index (κ2) is 4.45. The Kier molecular flexibility index (Phi) is 3.62. The van der Waals surface area contributed by atoms with E-state index in [4.69, 9.17) is 5.11 Å². The number of hydrogen-bond donors (Lipinski definition) is 1. The van der Waals surface area contributed by atoms with Gasteiger partial charge in [0.15, 0.2) is 0 Å². The lowest BCUT2D eigenvalue weighted by atomic mass is 9.95. The van der Waals surface area contributed by atoms with E-state index in [2.05, 4.69) is 0 Å². The quantitative estimate of drug-likeness (QED) is 0.894. The van der Waals surface area contributed by atoms with Crippen LogP contribution in [-0.4, -0.2) is 17.3 Å². The first-order valence-corrected chi connectivity index (χ1v) is 5.39. The number of halogens is 3. The normalized spacial score (nSPS) is 13.8. The number of carboxylic acids is 1. The second-order valence-corrected chi connectivity index (χ2v) is 5.02.